The van der Waals surface area contributed by atoms with Gasteiger partial charge in [0.2, 0.25) is 5.91 Å². The molecule has 194 valence electrons. The normalized spacial score (nSPS) is 23.8. The number of aryl methyl sites for hydroxylation is 1. The minimum atomic E-state index is 0.367. The lowest BCUT2D eigenvalue weighted by Crippen LogP contribution is -2.51. The van der Waals surface area contributed by atoms with E-state index in [1.165, 1.54) is 44.2 Å². The van der Waals surface area contributed by atoms with E-state index in [1.54, 1.807) is 5.57 Å². The maximum Gasteiger partial charge on any atom is 0.222 e. The minimum Gasteiger partial charge on any atom is -0.340 e. The van der Waals surface area contributed by atoms with Gasteiger partial charge in [-0.2, -0.15) is 0 Å². The number of unbranched alkanes of at least 4 members (excludes halogenated alkanes) is 2. The summed E-state index contributed by atoms with van der Waals surface area (Å²) >= 11 is 0. The van der Waals surface area contributed by atoms with Gasteiger partial charge in [0.1, 0.15) is 0 Å². The zero-order chi connectivity index (χ0) is 24.7. The number of carbonyl (C=O) groups excluding carboxylic acids is 1. The van der Waals surface area contributed by atoms with Crippen molar-refractivity contribution in [2.24, 2.45) is 17.3 Å². The van der Waals surface area contributed by atoms with E-state index >= 15 is 0 Å². The topological polar surface area (TPSA) is 26.8 Å². The maximum absolute atomic E-state index is 12.5. The molecule has 1 saturated heterocycles. The lowest BCUT2D eigenvalue weighted by atomic mass is 9.49. The molecule has 1 amide bonds. The first-order chi connectivity index (χ1) is 17.0. The van der Waals surface area contributed by atoms with E-state index in [0.717, 1.165) is 76.9 Å². The zero-order valence-corrected chi connectivity index (χ0v) is 22.7. The minimum absolute atomic E-state index is 0.367. The second kappa shape index (κ2) is 12.5. The lowest BCUT2D eigenvalue weighted by Gasteiger charge is -2.57. The molecule has 1 saturated carbocycles. The average molecular weight is 480 g/mol. The summed E-state index contributed by atoms with van der Waals surface area (Å²) in [6.45, 7) is 15.6. The molecule has 4 heteroatoms. The quantitative estimate of drug-likeness (QED) is 0.271. The summed E-state index contributed by atoms with van der Waals surface area (Å²) in [6, 6.07) is 10.9. The molecule has 4 nitrogen and oxygen atoms in total. The Hall–Kier alpha value is -1.65. The van der Waals surface area contributed by atoms with Crippen molar-refractivity contribution in [3.05, 3.63) is 47.5 Å². The molecule has 0 radical (unpaired) electrons. The van der Waals surface area contributed by atoms with Crippen LogP contribution in [0.4, 0.5) is 0 Å². The van der Waals surface area contributed by atoms with Crippen molar-refractivity contribution in [3.8, 4) is 0 Å². The second-order valence-electron chi connectivity index (χ2n) is 11.9. The van der Waals surface area contributed by atoms with Crippen molar-refractivity contribution in [3.63, 3.8) is 0 Å². The monoisotopic (exact) mass is 479 g/mol. The highest BCUT2D eigenvalue weighted by atomic mass is 16.2. The van der Waals surface area contributed by atoms with Crippen LogP contribution in [0, 0.1) is 17.3 Å². The Bertz CT molecular complexity index is 825. The Morgan fingerprint density at radius 1 is 1.03 bits per heavy atom. The van der Waals surface area contributed by atoms with Crippen LogP contribution >= 0.6 is 0 Å². The van der Waals surface area contributed by atoms with Gasteiger partial charge in [-0.1, -0.05) is 75.6 Å². The third kappa shape index (κ3) is 6.98. The van der Waals surface area contributed by atoms with E-state index in [1.807, 2.05) is 0 Å². The molecule has 3 aliphatic carbocycles. The first-order valence-corrected chi connectivity index (χ1v) is 14.4. The van der Waals surface area contributed by atoms with Crippen LogP contribution in [-0.2, 0) is 11.2 Å². The summed E-state index contributed by atoms with van der Waals surface area (Å²) < 4.78 is 0. The van der Waals surface area contributed by atoms with Crippen molar-refractivity contribution < 1.29 is 4.79 Å². The second-order valence-corrected chi connectivity index (χ2v) is 11.9. The fraction of sp³-hybridized carbons (Fsp3) is 0.710. The summed E-state index contributed by atoms with van der Waals surface area (Å²) in [6.07, 6.45) is 11.8. The smallest absolute Gasteiger partial charge is 0.222 e. The number of carbonyl (C=O) groups is 1. The Morgan fingerprint density at radius 3 is 2.49 bits per heavy atom. The first kappa shape index (κ1) is 26.4. The van der Waals surface area contributed by atoms with Crippen molar-refractivity contribution in [1.82, 2.24) is 14.7 Å². The Labute approximate surface area is 214 Å². The Kier molecular flexibility index (Phi) is 9.46. The number of hydrogen-bond donors (Lipinski definition) is 0. The van der Waals surface area contributed by atoms with Crippen LogP contribution in [0.3, 0.4) is 0 Å². The fourth-order valence-electron chi connectivity index (χ4n) is 6.52. The standard InChI is InChI=1S/C31H49N3O/c1-4-5-7-14-30(35)34-22-20-32(21-23-34)18-19-33(17-10-13-26-11-8-6-9-12-26)25-27-15-16-28-24-29(27)31(28,2)3/h6,8-9,11-12,15,28-29H,4-5,7,10,13-14,16-25H2,1-3H3. The van der Waals surface area contributed by atoms with Gasteiger partial charge in [0, 0.05) is 52.2 Å². The van der Waals surface area contributed by atoms with E-state index in [-0.39, 0.29) is 0 Å². The molecule has 0 spiro atoms. The van der Waals surface area contributed by atoms with Gasteiger partial charge in [0.25, 0.3) is 0 Å². The molecule has 35 heavy (non-hydrogen) atoms. The summed E-state index contributed by atoms with van der Waals surface area (Å²) in [5, 5.41) is 0. The molecule has 2 atom stereocenters. The number of fused-ring (bicyclic) bond motifs is 1. The summed E-state index contributed by atoms with van der Waals surface area (Å²) in [5.41, 5.74) is 3.66. The molecular weight excluding hydrogens is 430 g/mol. The third-order valence-corrected chi connectivity index (χ3v) is 9.22. The van der Waals surface area contributed by atoms with E-state index in [9.17, 15) is 4.79 Å². The molecule has 1 aliphatic heterocycles. The van der Waals surface area contributed by atoms with Crippen LogP contribution in [0.5, 0.6) is 0 Å². The van der Waals surface area contributed by atoms with Crippen LogP contribution in [0.25, 0.3) is 0 Å². The Morgan fingerprint density at radius 2 is 1.80 bits per heavy atom. The van der Waals surface area contributed by atoms with Crippen LogP contribution in [0.15, 0.2) is 42.0 Å². The molecule has 1 aromatic carbocycles. The van der Waals surface area contributed by atoms with Crippen molar-refractivity contribution in [1.29, 1.82) is 0 Å². The molecule has 5 rings (SSSR count). The van der Waals surface area contributed by atoms with Crippen molar-refractivity contribution in [2.45, 2.75) is 72.1 Å². The number of hydrogen-bond acceptors (Lipinski definition) is 3. The molecule has 2 fully saturated rings. The summed E-state index contributed by atoms with van der Waals surface area (Å²) in [5.74, 6) is 2.06. The average Bonchev–Trinajstić information content (AvgIpc) is 2.88. The third-order valence-electron chi connectivity index (χ3n) is 9.22. The van der Waals surface area contributed by atoms with Crippen LogP contribution in [-0.4, -0.2) is 73.0 Å². The fourth-order valence-corrected chi connectivity index (χ4v) is 6.52. The van der Waals surface area contributed by atoms with E-state index in [4.69, 9.17) is 0 Å². The SMILES string of the molecule is CCCCCC(=O)N1CCN(CCN(CCCc2ccccc2)CC2=CCC3CC2C3(C)C)CC1. The van der Waals surface area contributed by atoms with E-state index in [0.29, 0.717) is 11.3 Å². The molecule has 2 unspecified atom stereocenters. The molecule has 0 N–H and O–H groups in total. The maximum atomic E-state index is 12.5. The van der Waals surface area contributed by atoms with Crippen LogP contribution < -0.4 is 0 Å². The largest absolute Gasteiger partial charge is 0.340 e. The lowest BCUT2D eigenvalue weighted by molar-refractivity contribution is -0.133. The number of amides is 1. The van der Waals surface area contributed by atoms with Gasteiger partial charge >= 0.3 is 0 Å². The van der Waals surface area contributed by atoms with E-state index in [2.05, 4.69) is 71.9 Å². The van der Waals surface area contributed by atoms with Gasteiger partial charge in [0.05, 0.1) is 0 Å². The molecule has 4 aliphatic rings. The summed E-state index contributed by atoms with van der Waals surface area (Å²) in [4.78, 5) is 19.9. The number of piperazine rings is 1. The number of benzene rings is 1. The van der Waals surface area contributed by atoms with Crippen molar-refractivity contribution >= 4 is 5.91 Å². The highest BCUT2D eigenvalue weighted by Crippen LogP contribution is 2.59. The molecule has 2 bridgehead atoms. The molecular formula is C31H49N3O. The summed E-state index contributed by atoms with van der Waals surface area (Å²) in [7, 11) is 0. The van der Waals surface area contributed by atoms with E-state index < -0.39 is 0 Å². The van der Waals surface area contributed by atoms with Gasteiger partial charge < -0.3 is 4.90 Å². The Balaban J connectivity index is 1.26. The highest BCUT2D eigenvalue weighted by Gasteiger charge is 2.51. The number of rotatable bonds is 13. The zero-order valence-electron chi connectivity index (χ0n) is 22.7. The molecule has 1 heterocycles. The van der Waals surface area contributed by atoms with Crippen molar-refractivity contribution in [2.75, 3.05) is 52.4 Å². The highest BCUT2D eigenvalue weighted by molar-refractivity contribution is 5.76. The number of allylic oxidation sites excluding steroid dienone is 1. The van der Waals surface area contributed by atoms with Gasteiger partial charge in [0.15, 0.2) is 0 Å². The van der Waals surface area contributed by atoms with Crippen LogP contribution in [0.2, 0.25) is 0 Å². The first-order valence-electron chi connectivity index (χ1n) is 14.4. The van der Waals surface area contributed by atoms with Gasteiger partial charge in [-0.15, -0.1) is 0 Å². The predicted molar refractivity (Wildman–Crippen MR) is 146 cm³/mol. The van der Waals surface area contributed by atoms with Crippen LogP contribution in [0.1, 0.15) is 71.3 Å². The van der Waals surface area contributed by atoms with Gasteiger partial charge in [-0.05, 0) is 61.5 Å². The number of nitrogens with zero attached hydrogens (tertiary/aromatic N) is 3. The predicted octanol–water partition coefficient (Wildman–Crippen LogP) is 5.64. The van der Waals surface area contributed by atoms with Gasteiger partial charge in [-0.25, -0.2) is 0 Å². The molecule has 0 aromatic heterocycles. The molecule has 1 aromatic rings. The van der Waals surface area contributed by atoms with Gasteiger partial charge in [-0.3, -0.25) is 14.6 Å².